The van der Waals surface area contributed by atoms with E-state index in [-0.39, 0.29) is 0 Å². The van der Waals surface area contributed by atoms with Crippen LogP contribution in [0.4, 0.5) is 0 Å². The van der Waals surface area contributed by atoms with Gasteiger partial charge in [0.1, 0.15) is 0 Å². The Kier molecular flexibility index (Phi) is 6.54. The number of fused-ring (bicyclic) bond motifs is 4. The van der Waals surface area contributed by atoms with Crippen LogP contribution in [0.15, 0.2) is 174 Å². The highest BCUT2D eigenvalue weighted by atomic mass is 16.4. The van der Waals surface area contributed by atoms with Gasteiger partial charge in [-0.15, -0.1) is 10.2 Å². The summed E-state index contributed by atoms with van der Waals surface area (Å²) in [5.74, 6) is 2.76. The summed E-state index contributed by atoms with van der Waals surface area (Å²) in [6.07, 6.45) is 1.39. The lowest BCUT2D eigenvalue weighted by Gasteiger charge is -2.17. The summed E-state index contributed by atoms with van der Waals surface area (Å²) < 4.78 is 8.48. The quantitative estimate of drug-likeness (QED) is 0.168. The van der Waals surface area contributed by atoms with E-state index >= 15 is 0 Å². The lowest BCUT2D eigenvalue weighted by molar-refractivity contribution is 0.563. The van der Waals surface area contributed by atoms with E-state index in [1.165, 1.54) is 67.3 Å². The molecule has 2 fully saturated rings. The Labute approximate surface area is 308 Å². The molecule has 2 heterocycles. The monoisotopic (exact) mass is 681 g/mol. The number of rotatable bonds is 7. The number of aromatic nitrogens is 3. The molecular weight excluding hydrogens is 647 g/mol. The summed E-state index contributed by atoms with van der Waals surface area (Å²) in [4.78, 5) is 0. The molecule has 252 valence electrons. The maximum atomic E-state index is 6.05. The van der Waals surface area contributed by atoms with Gasteiger partial charge in [0.2, 0.25) is 11.8 Å². The number of benzene rings is 7. The molecule has 0 amide bonds. The Morgan fingerprint density at radius 1 is 0.491 bits per heavy atom. The van der Waals surface area contributed by atoms with Crippen LogP contribution < -0.4 is 0 Å². The van der Waals surface area contributed by atoms with Gasteiger partial charge in [-0.05, 0) is 123 Å². The number of para-hydroxylation sites is 1. The molecular formula is C49H35N3O. The molecule has 2 aliphatic carbocycles. The minimum atomic E-state index is 0.345. The molecule has 11 rings (SSSR count). The van der Waals surface area contributed by atoms with E-state index in [1.54, 1.807) is 0 Å². The molecule has 4 heteroatoms. The Hall–Kier alpha value is -6.52. The minimum Gasteiger partial charge on any atom is -0.416 e. The Bertz CT molecular complexity index is 2820. The lowest BCUT2D eigenvalue weighted by Crippen LogP contribution is -2.11. The molecule has 0 aliphatic heterocycles. The topological polar surface area (TPSA) is 43.9 Å². The Morgan fingerprint density at radius 3 is 1.60 bits per heavy atom. The molecule has 2 saturated carbocycles. The van der Waals surface area contributed by atoms with Gasteiger partial charge in [0.25, 0.3) is 0 Å². The maximum absolute atomic E-state index is 6.05. The van der Waals surface area contributed by atoms with Gasteiger partial charge in [-0.3, -0.25) is 0 Å². The number of hydrogen-bond donors (Lipinski definition) is 0. The molecule has 0 bridgehead atoms. The molecule has 53 heavy (non-hydrogen) atoms. The third-order valence-electron chi connectivity index (χ3n) is 12.0. The van der Waals surface area contributed by atoms with Gasteiger partial charge in [0, 0.05) is 27.6 Å². The average molecular weight is 682 g/mol. The second-order valence-electron chi connectivity index (χ2n) is 14.8. The number of hydrogen-bond acceptors (Lipinski definition) is 3. The molecule has 2 aromatic heterocycles. The molecule has 0 spiro atoms. The van der Waals surface area contributed by atoms with Crippen LogP contribution in [0.25, 0.3) is 83.8 Å². The molecule has 2 atom stereocenters. The van der Waals surface area contributed by atoms with E-state index in [9.17, 15) is 0 Å². The van der Waals surface area contributed by atoms with Crippen molar-refractivity contribution >= 4 is 21.8 Å². The van der Waals surface area contributed by atoms with Crippen LogP contribution in [-0.2, 0) is 5.41 Å². The average Bonchev–Trinajstić information content (AvgIpc) is 4.04. The van der Waals surface area contributed by atoms with Crippen molar-refractivity contribution in [1.82, 2.24) is 14.8 Å². The smallest absolute Gasteiger partial charge is 0.248 e. The second kappa shape index (κ2) is 11.5. The van der Waals surface area contributed by atoms with Crippen molar-refractivity contribution < 1.29 is 4.42 Å². The first-order chi connectivity index (χ1) is 26.1. The van der Waals surface area contributed by atoms with Crippen molar-refractivity contribution in [2.75, 3.05) is 0 Å². The fourth-order valence-corrected chi connectivity index (χ4v) is 8.80. The normalized spacial score (nSPS) is 18.7. The summed E-state index contributed by atoms with van der Waals surface area (Å²) >= 11 is 0. The Balaban J connectivity index is 1.00. The third kappa shape index (κ3) is 4.75. The van der Waals surface area contributed by atoms with Crippen molar-refractivity contribution in [3.8, 4) is 62.0 Å². The lowest BCUT2D eigenvalue weighted by atomic mass is 9.87. The zero-order chi connectivity index (χ0) is 35.1. The van der Waals surface area contributed by atoms with Crippen LogP contribution in [0.1, 0.15) is 18.9 Å². The largest absolute Gasteiger partial charge is 0.416 e. The van der Waals surface area contributed by atoms with Gasteiger partial charge < -0.3 is 8.98 Å². The zero-order valence-electron chi connectivity index (χ0n) is 29.3. The van der Waals surface area contributed by atoms with E-state index in [0.29, 0.717) is 17.2 Å². The van der Waals surface area contributed by atoms with Crippen molar-refractivity contribution in [3.63, 3.8) is 0 Å². The molecule has 2 aliphatic rings. The van der Waals surface area contributed by atoms with Crippen LogP contribution in [0.3, 0.4) is 0 Å². The maximum Gasteiger partial charge on any atom is 0.248 e. The third-order valence-corrected chi connectivity index (χ3v) is 12.0. The van der Waals surface area contributed by atoms with E-state index in [4.69, 9.17) is 4.42 Å². The SMILES string of the molecule is CC1(c2ccc3c(c2)c2cc(-c4ccccc4-c4ccccc4-c4ccc(-c5nnc(-c6ccccc6)o5)cc4)ccc2n3-c2ccccc2)C2CC21. The summed E-state index contributed by atoms with van der Waals surface area (Å²) in [6.45, 7) is 2.46. The van der Waals surface area contributed by atoms with E-state index in [1.807, 2.05) is 30.3 Å². The van der Waals surface area contributed by atoms with Gasteiger partial charge in [-0.1, -0.05) is 116 Å². The predicted molar refractivity (Wildman–Crippen MR) is 215 cm³/mol. The summed E-state index contributed by atoms with van der Waals surface area (Å²) in [5.41, 5.74) is 14.4. The molecule has 0 N–H and O–H groups in total. The fourth-order valence-electron chi connectivity index (χ4n) is 8.80. The summed E-state index contributed by atoms with van der Waals surface area (Å²) in [6, 6.07) is 60.8. The van der Waals surface area contributed by atoms with Crippen molar-refractivity contribution in [3.05, 3.63) is 175 Å². The summed E-state index contributed by atoms with van der Waals surface area (Å²) in [5, 5.41) is 11.2. The van der Waals surface area contributed by atoms with Crippen molar-refractivity contribution in [1.29, 1.82) is 0 Å². The summed E-state index contributed by atoms with van der Waals surface area (Å²) in [7, 11) is 0. The van der Waals surface area contributed by atoms with Crippen LogP contribution >= 0.6 is 0 Å². The molecule has 9 aromatic rings. The molecule has 0 radical (unpaired) electrons. The molecule has 7 aromatic carbocycles. The second-order valence-corrected chi connectivity index (χ2v) is 14.8. The first kappa shape index (κ1) is 30.1. The van der Waals surface area contributed by atoms with Crippen LogP contribution in [-0.4, -0.2) is 14.8 Å². The van der Waals surface area contributed by atoms with E-state index in [2.05, 4.69) is 161 Å². The van der Waals surface area contributed by atoms with E-state index in [0.717, 1.165) is 28.5 Å². The Morgan fingerprint density at radius 2 is 0.981 bits per heavy atom. The first-order valence-electron chi connectivity index (χ1n) is 18.5. The predicted octanol–water partition coefficient (Wildman–Crippen LogP) is 12.4. The van der Waals surface area contributed by atoms with Gasteiger partial charge >= 0.3 is 0 Å². The molecule has 0 saturated heterocycles. The minimum absolute atomic E-state index is 0.345. The van der Waals surface area contributed by atoms with Crippen molar-refractivity contribution in [2.45, 2.75) is 18.8 Å². The standard InChI is InChI=1S/C49H35N3O/c1-49(43-30-44(43)49)35-25-27-46-42(29-35)41-28-34(24-26-45(41)52(46)36-14-6-3-7-15-36)38-17-9-11-19-40(38)39-18-10-8-16-37(39)31-20-22-33(23-21-31)48-51-50-47(53-48)32-12-4-2-5-13-32/h2-29,43-44H,30H2,1H3. The van der Waals surface area contributed by atoms with Crippen LogP contribution in [0.5, 0.6) is 0 Å². The van der Waals surface area contributed by atoms with Gasteiger partial charge in [-0.25, -0.2) is 0 Å². The van der Waals surface area contributed by atoms with Crippen LogP contribution in [0, 0.1) is 11.8 Å². The highest BCUT2D eigenvalue weighted by Crippen LogP contribution is 2.77. The molecule has 4 nitrogen and oxygen atoms in total. The molecule has 2 unspecified atom stereocenters. The van der Waals surface area contributed by atoms with Gasteiger partial charge in [0.15, 0.2) is 0 Å². The highest BCUT2D eigenvalue weighted by molar-refractivity contribution is 6.11. The van der Waals surface area contributed by atoms with Crippen LogP contribution in [0.2, 0.25) is 0 Å². The first-order valence-corrected chi connectivity index (χ1v) is 18.5. The fraction of sp³-hybridized carbons (Fsp3) is 0.102. The van der Waals surface area contributed by atoms with Crippen molar-refractivity contribution in [2.24, 2.45) is 11.8 Å². The van der Waals surface area contributed by atoms with Gasteiger partial charge in [0.05, 0.1) is 11.0 Å². The zero-order valence-corrected chi connectivity index (χ0v) is 29.3. The van der Waals surface area contributed by atoms with Gasteiger partial charge in [-0.2, -0.15) is 0 Å². The van der Waals surface area contributed by atoms with E-state index < -0.39 is 0 Å². The highest BCUT2D eigenvalue weighted by Gasteiger charge is 2.73. The number of nitrogens with zero attached hydrogens (tertiary/aromatic N) is 3.